The normalized spacial score (nSPS) is 11.6. The van der Waals surface area contributed by atoms with Gasteiger partial charge in [-0.25, -0.2) is 4.98 Å². The minimum atomic E-state index is 0.834. The zero-order valence-corrected chi connectivity index (χ0v) is 33.3. The van der Waals surface area contributed by atoms with E-state index < -0.39 is 0 Å². The highest BCUT2D eigenvalue weighted by Crippen LogP contribution is 2.44. The average Bonchev–Trinajstić information content (AvgIpc) is 3.55. The Bertz CT molecular complexity index is 2780. The lowest BCUT2D eigenvalue weighted by molar-refractivity contribution is 0.917. The molecule has 0 fully saturated rings. The summed E-state index contributed by atoms with van der Waals surface area (Å²) in [6.07, 6.45) is 0.834. The Morgan fingerprint density at radius 1 is 0.434 bits per heavy atom. The average molecular weight is 669 g/mol. The number of aromatic nitrogens is 2. The second kappa shape index (κ2) is 13.2. The Kier molecular flexibility index (Phi) is 8.80. The van der Waals surface area contributed by atoms with Gasteiger partial charge in [0.05, 0.1) is 16.7 Å². The first kappa shape index (κ1) is 35.2. The number of hydrogen-bond acceptors (Lipinski definition) is 1. The fourth-order valence-corrected chi connectivity index (χ4v) is 9.12. The monoisotopic (exact) mass is 670 g/mol. The van der Waals surface area contributed by atoms with Crippen molar-refractivity contribution in [2.45, 2.75) is 13.3 Å². The van der Waals surface area contributed by atoms with Crippen LogP contribution < -0.4 is 54.6 Å². The zero-order valence-electron chi connectivity index (χ0n) is 33.3. The summed E-state index contributed by atoms with van der Waals surface area (Å²) in [7, 11) is 22.8. The summed E-state index contributed by atoms with van der Waals surface area (Å²) in [5.74, 6) is 1.07. The lowest BCUT2D eigenvalue weighted by Gasteiger charge is -2.24. The predicted molar refractivity (Wildman–Crippen MR) is 264 cm³/mol. The SMILES string of the molecule is Bc1c(B)c(B)c(-c2cccc(-c3c4ccccc4c(-n4c(CC)nc5ccccc54)c4ccc(-c5c(B)c(B)c(B)c(B)c5B)cc34)c2)c(B)c1B. The van der Waals surface area contributed by atoms with Crippen molar-refractivity contribution in [3.05, 3.63) is 96.8 Å². The molecule has 1 heterocycles. The Morgan fingerprint density at radius 3 is 1.49 bits per heavy atom. The van der Waals surface area contributed by atoms with Gasteiger partial charge >= 0.3 is 0 Å². The first-order chi connectivity index (χ1) is 25.4. The molecular formula is C41H40B10N2. The molecule has 2 nitrogen and oxygen atoms in total. The fraction of sp³-hybridized carbons (Fsp3) is 0.0488. The molecule has 0 unspecified atom stereocenters. The summed E-state index contributed by atoms with van der Waals surface area (Å²) in [5, 5.41) is 4.97. The summed E-state index contributed by atoms with van der Waals surface area (Å²) in [4.78, 5) is 5.16. The van der Waals surface area contributed by atoms with E-state index in [1.807, 2.05) is 0 Å². The van der Waals surface area contributed by atoms with E-state index in [-0.39, 0.29) is 0 Å². The lowest BCUT2D eigenvalue weighted by Crippen LogP contribution is -2.55. The van der Waals surface area contributed by atoms with Crippen molar-refractivity contribution >= 4 is 166 Å². The van der Waals surface area contributed by atoms with E-state index >= 15 is 0 Å². The van der Waals surface area contributed by atoms with Crippen molar-refractivity contribution in [1.82, 2.24) is 9.55 Å². The van der Waals surface area contributed by atoms with Crippen LogP contribution in [-0.2, 0) is 6.42 Å². The molecule has 0 aliphatic carbocycles. The molecular weight excluding hydrogens is 629 g/mol. The van der Waals surface area contributed by atoms with Gasteiger partial charge < -0.3 is 0 Å². The molecule has 0 saturated heterocycles. The number of para-hydroxylation sites is 2. The van der Waals surface area contributed by atoms with E-state index in [4.69, 9.17) is 4.98 Å². The van der Waals surface area contributed by atoms with Crippen LogP contribution in [0, 0.1) is 0 Å². The van der Waals surface area contributed by atoms with Crippen LogP contribution in [0.2, 0.25) is 0 Å². The lowest BCUT2D eigenvalue weighted by atomic mass is 9.59. The highest BCUT2D eigenvalue weighted by molar-refractivity contribution is 6.70. The topological polar surface area (TPSA) is 17.8 Å². The number of rotatable bonds is 5. The first-order valence-electron chi connectivity index (χ1n) is 19.1. The molecule has 0 amide bonds. The van der Waals surface area contributed by atoms with Crippen molar-refractivity contribution in [3.63, 3.8) is 0 Å². The molecule has 0 atom stereocenters. The highest BCUT2D eigenvalue weighted by Gasteiger charge is 2.23. The third-order valence-electron chi connectivity index (χ3n) is 12.9. The minimum Gasteiger partial charge on any atom is -0.295 e. The maximum Gasteiger partial charge on any atom is 0.139 e. The van der Waals surface area contributed by atoms with Gasteiger partial charge in [0.25, 0.3) is 0 Å². The molecule has 8 aromatic rings. The van der Waals surface area contributed by atoms with Crippen LogP contribution >= 0.6 is 0 Å². The number of nitrogens with zero attached hydrogens (tertiary/aromatic N) is 2. The van der Waals surface area contributed by atoms with Crippen molar-refractivity contribution in [1.29, 1.82) is 0 Å². The maximum absolute atomic E-state index is 5.16. The van der Waals surface area contributed by atoms with Gasteiger partial charge in [-0.1, -0.05) is 95.5 Å². The molecule has 1 aromatic heterocycles. The molecule has 12 heteroatoms. The van der Waals surface area contributed by atoms with Gasteiger partial charge in [-0.2, -0.15) is 0 Å². The molecule has 244 valence electrons. The number of aryl methyl sites for hydroxylation is 1. The third-order valence-corrected chi connectivity index (χ3v) is 12.9. The minimum absolute atomic E-state index is 0.834. The van der Waals surface area contributed by atoms with Gasteiger partial charge in [-0.15, -0.1) is 32.8 Å². The molecule has 0 aliphatic heterocycles. The van der Waals surface area contributed by atoms with Crippen LogP contribution in [0.5, 0.6) is 0 Å². The van der Waals surface area contributed by atoms with Gasteiger partial charge in [0.2, 0.25) is 0 Å². The van der Waals surface area contributed by atoms with Crippen LogP contribution in [0.25, 0.3) is 71.6 Å². The van der Waals surface area contributed by atoms with E-state index in [0.29, 0.717) is 0 Å². The molecule has 0 spiro atoms. The number of imidazole rings is 1. The van der Waals surface area contributed by atoms with E-state index in [0.717, 1.165) is 23.3 Å². The molecule has 0 saturated carbocycles. The molecule has 0 radical (unpaired) electrons. The number of benzene rings is 7. The molecule has 53 heavy (non-hydrogen) atoms. The van der Waals surface area contributed by atoms with Gasteiger partial charge in [0.15, 0.2) is 0 Å². The summed E-state index contributed by atoms with van der Waals surface area (Å²) >= 11 is 0. The highest BCUT2D eigenvalue weighted by atomic mass is 15.1. The number of fused-ring (bicyclic) bond motifs is 3. The van der Waals surface area contributed by atoms with E-state index in [1.165, 1.54) is 115 Å². The fourth-order valence-electron chi connectivity index (χ4n) is 9.12. The quantitative estimate of drug-likeness (QED) is 0.132. The molecule has 0 N–H and O–H groups in total. The summed E-state index contributed by atoms with van der Waals surface area (Å²) in [6.45, 7) is 2.21. The summed E-state index contributed by atoms with van der Waals surface area (Å²) < 4.78 is 2.43. The standard InChI is InChI=1S/C41H40B10N2/c1-2-27-52-25-12-5-6-13-26(25)53(27)41-22-11-4-3-10-21(22)28(18-8-7-9-19(16-18)29-31(42)35(46)39(50)36(47)32(29)43)24-17-20(14-15-23(24)41)30-33(44)37(48)40(51)38(49)34(30)45/h3-17H,2,42-51H2,1H3. The van der Waals surface area contributed by atoms with E-state index in [2.05, 4.69) is 181 Å². The zero-order chi connectivity index (χ0) is 37.5. The van der Waals surface area contributed by atoms with E-state index in [1.54, 1.807) is 0 Å². The Balaban J connectivity index is 1.53. The Morgan fingerprint density at radius 2 is 0.906 bits per heavy atom. The molecule has 7 aromatic carbocycles. The van der Waals surface area contributed by atoms with Gasteiger partial charge in [-0.3, -0.25) is 4.57 Å². The van der Waals surface area contributed by atoms with Crippen LogP contribution in [0.4, 0.5) is 0 Å². The van der Waals surface area contributed by atoms with Crippen LogP contribution in [-0.4, -0.2) is 88.0 Å². The third kappa shape index (κ3) is 5.35. The molecule has 0 aliphatic rings. The molecule has 0 bridgehead atoms. The van der Waals surface area contributed by atoms with Crippen LogP contribution in [0.15, 0.2) is 91.0 Å². The second-order valence-corrected chi connectivity index (χ2v) is 15.3. The smallest absolute Gasteiger partial charge is 0.139 e. The first-order valence-corrected chi connectivity index (χ1v) is 19.1. The number of hydrogen-bond donors (Lipinski definition) is 0. The Hall–Kier alpha value is -4.82. The maximum atomic E-state index is 5.16. The van der Waals surface area contributed by atoms with Crippen molar-refractivity contribution in [2.75, 3.05) is 0 Å². The van der Waals surface area contributed by atoms with Crippen LogP contribution in [0.3, 0.4) is 0 Å². The molecule has 8 rings (SSSR count). The predicted octanol–water partition coefficient (Wildman–Crippen LogP) is -6.52. The van der Waals surface area contributed by atoms with Crippen molar-refractivity contribution in [2.24, 2.45) is 0 Å². The van der Waals surface area contributed by atoms with Gasteiger partial charge in [-0.05, 0) is 68.4 Å². The van der Waals surface area contributed by atoms with Crippen LogP contribution in [0.1, 0.15) is 12.7 Å². The van der Waals surface area contributed by atoms with E-state index in [9.17, 15) is 0 Å². The largest absolute Gasteiger partial charge is 0.295 e. The van der Waals surface area contributed by atoms with Crippen molar-refractivity contribution < 1.29 is 0 Å². The Labute approximate surface area is 323 Å². The van der Waals surface area contributed by atoms with Gasteiger partial charge in [0.1, 0.15) is 84.3 Å². The summed E-state index contributed by atoms with van der Waals surface area (Å²) in [5.41, 5.74) is 24.9. The summed E-state index contributed by atoms with van der Waals surface area (Å²) in [6, 6.07) is 34.1. The van der Waals surface area contributed by atoms with Gasteiger partial charge in [0, 0.05) is 17.2 Å². The van der Waals surface area contributed by atoms with Crippen molar-refractivity contribution in [3.8, 4) is 39.1 Å². The second-order valence-electron chi connectivity index (χ2n) is 15.3.